The second-order valence-corrected chi connectivity index (χ2v) is 14.2. The van der Waals surface area contributed by atoms with Crippen LogP contribution in [0.15, 0.2) is 11.6 Å². The Kier molecular flexibility index (Phi) is 6.36. The Morgan fingerprint density at radius 3 is 2.59 bits per heavy atom. The van der Waals surface area contributed by atoms with Crippen LogP contribution >= 0.6 is 0 Å². The summed E-state index contributed by atoms with van der Waals surface area (Å²) in [5.74, 6) is -2.75. The molecule has 3 heterocycles. The normalized spacial score (nSPS) is 53.9. The number of ether oxygens (including phenoxy) is 5. The summed E-state index contributed by atoms with van der Waals surface area (Å²) >= 11 is 0. The van der Waals surface area contributed by atoms with Crippen LogP contribution in [0.3, 0.4) is 0 Å². The van der Waals surface area contributed by atoms with E-state index in [1.807, 2.05) is 6.92 Å². The number of carbonyl (C=O) groups excluding carboxylic acids is 3. The van der Waals surface area contributed by atoms with Gasteiger partial charge in [0.05, 0.1) is 23.9 Å². The molecule has 41 heavy (non-hydrogen) atoms. The van der Waals surface area contributed by atoms with Crippen molar-refractivity contribution in [2.75, 3.05) is 6.61 Å². The Hall–Kier alpha value is -1.85. The summed E-state index contributed by atoms with van der Waals surface area (Å²) in [5.41, 5.74) is -1.10. The van der Waals surface area contributed by atoms with E-state index >= 15 is 0 Å². The van der Waals surface area contributed by atoms with Crippen LogP contribution in [0, 0.1) is 34.5 Å². The third kappa shape index (κ3) is 3.83. The second-order valence-electron chi connectivity index (χ2n) is 14.2. The lowest BCUT2D eigenvalue weighted by atomic mass is 9.42. The highest BCUT2D eigenvalue weighted by molar-refractivity contribution is 5.85. The molecule has 10 nitrogen and oxygen atoms in total. The highest BCUT2D eigenvalue weighted by atomic mass is 16.8. The first-order valence-corrected chi connectivity index (χ1v) is 15.4. The highest BCUT2D eigenvalue weighted by Crippen LogP contribution is 2.70. The molecule has 226 valence electrons. The number of fused-ring (bicyclic) bond motifs is 7. The maximum atomic E-state index is 13.2. The van der Waals surface area contributed by atoms with E-state index < -0.39 is 46.7 Å². The number of cyclic esters (lactones) is 1. The van der Waals surface area contributed by atoms with E-state index in [-0.39, 0.29) is 48.3 Å². The minimum atomic E-state index is -1.97. The van der Waals surface area contributed by atoms with Crippen molar-refractivity contribution in [3.8, 4) is 0 Å². The van der Waals surface area contributed by atoms with Gasteiger partial charge >= 0.3 is 11.9 Å². The van der Waals surface area contributed by atoms with Gasteiger partial charge in [-0.1, -0.05) is 6.92 Å². The number of aliphatic hydroxyl groups is 2. The zero-order valence-corrected chi connectivity index (χ0v) is 24.1. The van der Waals surface area contributed by atoms with Crippen LogP contribution in [0.2, 0.25) is 0 Å². The van der Waals surface area contributed by atoms with E-state index in [9.17, 15) is 24.6 Å². The van der Waals surface area contributed by atoms with Crippen LogP contribution in [0.1, 0.15) is 78.6 Å². The first-order chi connectivity index (χ1) is 19.4. The molecule has 6 fully saturated rings. The van der Waals surface area contributed by atoms with Gasteiger partial charge in [0.25, 0.3) is 5.79 Å². The molecule has 0 aromatic rings. The maximum Gasteiger partial charge on any atom is 0.331 e. The molecule has 0 aromatic heterocycles. The molecule has 0 spiro atoms. The van der Waals surface area contributed by atoms with Crippen molar-refractivity contribution in [1.82, 2.24) is 0 Å². The lowest BCUT2D eigenvalue weighted by molar-refractivity contribution is -0.457. The Labute approximate surface area is 240 Å². The van der Waals surface area contributed by atoms with Crippen molar-refractivity contribution >= 4 is 18.2 Å². The topological polar surface area (TPSA) is 138 Å². The van der Waals surface area contributed by atoms with Crippen LogP contribution in [-0.4, -0.2) is 77.1 Å². The van der Waals surface area contributed by atoms with Crippen molar-refractivity contribution in [3.63, 3.8) is 0 Å². The molecule has 4 saturated carbocycles. The van der Waals surface area contributed by atoms with Gasteiger partial charge in [-0.15, -0.1) is 0 Å². The average molecular weight is 575 g/mol. The predicted octanol–water partition coefficient (Wildman–Crippen LogP) is 2.57. The minimum absolute atomic E-state index is 0.0326. The van der Waals surface area contributed by atoms with E-state index in [4.69, 9.17) is 23.7 Å². The van der Waals surface area contributed by atoms with Gasteiger partial charge in [-0.3, -0.25) is 4.79 Å². The van der Waals surface area contributed by atoms with Crippen molar-refractivity contribution < 1.29 is 48.3 Å². The summed E-state index contributed by atoms with van der Waals surface area (Å²) < 4.78 is 29.4. The van der Waals surface area contributed by atoms with Gasteiger partial charge in [-0.2, -0.15) is 0 Å². The number of hydrogen-bond acceptors (Lipinski definition) is 10. The lowest BCUT2D eigenvalue weighted by Gasteiger charge is -2.64. The third-order valence-electron chi connectivity index (χ3n) is 12.4. The number of rotatable bonds is 3. The van der Waals surface area contributed by atoms with Gasteiger partial charge in [0.15, 0.2) is 6.10 Å². The molecule has 7 aliphatic rings. The lowest BCUT2D eigenvalue weighted by Crippen LogP contribution is -2.71. The summed E-state index contributed by atoms with van der Waals surface area (Å²) in [4.78, 5) is 37.0. The fourth-order valence-corrected chi connectivity index (χ4v) is 10.5. The SMILES string of the molecule is CC(=O)O[C@H]1C[C@@H](C)O[C@@H]2O[C@@H]3C[C@@H]4CC[C@@H]5[C@H](CC[C@]6(C)[C@H](C7=CC(=O)OC7)CC[C@]56O)[C@@]4(C=O)C[C@H]3O[C@]21O. The molecule has 0 unspecified atom stereocenters. The molecule has 4 aliphatic carbocycles. The summed E-state index contributed by atoms with van der Waals surface area (Å²) in [7, 11) is 0. The van der Waals surface area contributed by atoms with Crippen LogP contribution in [0.25, 0.3) is 0 Å². The van der Waals surface area contributed by atoms with E-state index in [0.717, 1.165) is 44.0 Å². The standard InChI is InChI=1S/C31H42O10/c1-16-10-25(39-17(2)33)31(36)27(38-16)40-23-12-19-4-5-22-21(29(19,15-32)13-24(23)41-31)6-8-28(3)20(7-9-30(22,28)35)18-11-26(34)37-14-18/h11,15-16,19-25,27,35-36H,4-10,12-14H2,1-3H3/t16-,19+,20+,21+,22-,23-,24-,25+,27-,28-,29-,30+,31+/m1/s1. The quantitative estimate of drug-likeness (QED) is 0.294. The summed E-state index contributed by atoms with van der Waals surface area (Å²) in [6, 6.07) is 0. The van der Waals surface area contributed by atoms with Crippen LogP contribution in [0.5, 0.6) is 0 Å². The molecule has 7 rings (SSSR count). The van der Waals surface area contributed by atoms with Crippen molar-refractivity contribution in [2.45, 2.75) is 121 Å². The molecule has 2 N–H and O–H groups in total. The monoisotopic (exact) mass is 574 g/mol. The van der Waals surface area contributed by atoms with E-state index in [2.05, 4.69) is 6.92 Å². The van der Waals surface area contributed by atoms with Crippen LogP contribution in [-0.2, 0) is 38.1 Å². The van der Waals surface area contributed by atoms with E-state index in [0.29, 0.717) is 25.9 Å². The predicted molar refractivity (Wildman–Crippen MR) is 141 cm³/mol. The van der Waals surface area contributed by atoms with E-state index in [1.54, 1.807) is 6.08 Å². The van der Waals surface area contributed by atoms with Crippen molar-refractivity contribution in [3.05, 3.63) is 11.6 Å². The summed E-state index contributed by atoms with van der Waals surface area (Å²) in [6.07, 6.45) is 5.24. The van der Waals surface area contributed by atoms with Gasteiger partial charge in [0, 0.05) is 30.3 Å². The fraction of sp³-hybridized carbons (Fsp3) is 0.839. The first kappa shape index (κ1) is 28.0. The number of carbonyl (C=O) groups is 3. The zero-order chi connectivity index (χ0) is 28.9. The number of esters is 2. The molecule has 13 atom stereocenters. The van der Waals surface area contributed by atoms with Gasteiger partial charge in [-0.25, -0.2) is 4.79 Å². The fourth-order valence-electron chi connectivity index (χ4n) is 10.5. The first-order valence-electron chi connectivity index (χ1n) is 15.4. The van der Waals surface area contributed by atoms with Gasteiger partial charge in [0.2, 0.25) is 6.29 Å². The van der Waals surface area contributed by atoms with Crippen LogP contribution < -0.4 is 0 Å². The molecule has 0 aromatic carbocycles. The molecule has 3 aliphatic heterocycles. The largest absolute Gasteiger partial charge is 0.458 e. The number of aldehydes is 1. The minimum Gasteiger partial charge on any atom is -0.458 e. The molecular weight excluding hydrogens is 532 g/mol. The molecule has 0 bridgehead atoms. The maximum absolute atomic E-state index is 13.2. The summed E-state index contributed by atoms with van der Waals surface area (Å²) in [5, 5.41) is 24.2. The third-order valence-corrected chi connectivity index (χ3v) is 12.4. The molecule has 10 heteroatoms. The Balaban J connectivity index is 1.17. The Morgan fingerprint density at radius 2 is 1.88 bits per heavy atom. The Bertz CT molecular complexity index is 1170. The average Bonchev–Trinajstić information content (AvgIpc) is 3.46. The molecule has 0 amide bonds. The number of hydrogen-bond donors (Lipinski definition) is 2. The Morgan fingerprint density at radius 1 is 1.07 bits per heavy atom. The van der Waals surface area contributed by atoms with Crippen LogP contribution in [0.4, 0.5) is 0 Å². The van der Waals surface area contributed by atoms with Crippen molar-refractivity contribution in [2.24, 2.45) is 34.5 Å². The molecule has 0 radical (unpaired) electrons. The second kappa shape index (κ2) is 9.32. The van der Waals surface area contributed by atoms with Crippen molar-refractivity contribution in [1.29, 1.82) is 0 Å². The van der Waals surface area contributed by atoms with Gasteiger partial charge in [0.1, 0.15) is 12.9 Å². The molecule has 2 saturated heterocycles. The van der Waals surface area contributed by atoms with E-state index in [1.165, 1.54) is 6.92 Å². The zero-order valence-electron chi connectivity index (χ0n) is 24.1. The smallest absolute Gasteiger partial charge is 0.331 e. The van der Waals surface area contributed by atoms with Gasteiger partial charge in [-0.05, 0) is 87.5 Å². The highest BCUT2D eigenvalue weighted by Gasteiger charge is 2.70. The summed E-state index contributed by atoms with van der Waals surface area (Å²) in [6.45, 7) is 5.59. The van der Waals surface area contributed by atoms with Gasteiger partial charge < -0.3 is 38.7 Å². The molecular formula is C31H42O10.